The molecule has 7 heteroatoms. The van der Waals surface area contributed by atoms with Crippen LogP contribution in [0.2, 0.25) is 0 Å². The van der Waals surface area contributed by atoms with Gasteiger partial charge < -0.3 is 0 Å². The maximum atomic E-state index is 10.6. The fourth-order valence-corrected chi connectivity index (χ4v) is 3.17. The first-order valence-corrected chi connectivity index (χ1v) is 7.39. The summed E-state index contributed by atoms with van der Waals surface area (Å²) < 4.78 is 21.3. The van der Waals surface area contributed by atoms with Crippen molar-refractivity contribution < 1.29 is 8.42 Å². The molecule has 0 N–H and O–H groups in total. The zero-order chi connectivity index (χ0) is 11.3. The fraction of sp³-hybridized carbons (Fsp3) is 0.250. The van der Waals surface area contributed by atoms with Crippen LogP contribution in [0.25, 0.3) is 0 Å². The van der Waals surface area contributed by atoms with E-state index in [1.807, 2.05) is 6.07 Å². The lowest BCUT2D eigenvalue weighted by molar-refractivity contribution is 0.611. The van der Waals surface area contributed by atoms with Gasteiger partial charge in [-0.1, -0.05) is 0 Å². The second-order valence-electron chi connectivity index (χ2n) is 2.55. The van der Waals surface area contributed by atoms with Crippen molar-refractivity contribution in [2.24, 2.45) is 0 Å². The lowest BCUT2D eigenvalue weighted by Gasteiger charge is -2.00. The second kappa shape index (κ2) is 5.35. The van der Waals surface area contributed by atoms with Crippen molar-refractivity contribution in [3.05, 3.63) is 24.0 Å². The van der Waals surface area contributed by atoms with Gasteiger partial charge in [0.15, 0.2) is 5.69 Å². The van der Waals surface area contributed by atoms with Crippen LogP contribution in [0.1, 0.15) is 5.69 Å². The van der Waals surface area contributed by atoms with Crippen LogP contribution in [-0.4, -0.2) is 24.9 Å². The average molecular weight is 263 g/mol. The molecule has 1 heterocycles. The van der Waals surface area contributed by atoms with Crippen molar-refractivity contribution in [2.75, 3.05) is 11.5 Å². The Bertz CT molecular complexity index is 482. The summed E-state index contributed by atoms with van der Waals surface area (Å²) in [5, 5.41) is 8.71. The summed E-state index contributed by atoms with van der Waals surface area (Å²) in [4.78, 5) is 4.51. The van der Waals surface area contributed by atoms with Gasteiger partial charge in [0, 0.05) is 27.5 Å². The van der Waals surface area contributed by atoms with Crippen molar-refractivity contribution in [1.29, 1.82) is 5.26 Å². The van der Waals surface area contributed by atoms with Crippen LogP contribution in [-0.2, 0) is 9.05 Å². The number of nitriles is 1. The fourth-order valence-electron chi connectivity index (χ4n) is 0.842. The SMILES string of the molecule is N#Cc1ncccc1SCCS(=O)(=O)Cl. The van der Waals surface area contributed by atoms with Crippen molar-refractivity contribution in [1.82, 2.24) is 4.98 Å². The van der Waals surface area contributed by atoms with Crippen molar-refractivity contribution in [2.45, 2.75) is 4.90 Å². The number of aromatic nitrogens is 1. The Kier molecular flexibility index (Phi) is 4.39. The standard InChI is InChI=1S/C8H7ClN2O2S2/c9-15(12,13)5-4-14-8-2-1-3-11-7(8)6-10/h1-3H,4-5H2. The number of pyridine rings is 1. The van der Waals surface area contributed by atoms with E-state index >= 15 is 0 Å². The van der Waals surface area contributed by atoms with Crippen LogP contribution in [0, 0.1) is 11.3 Å². The van der Waals surface area contributed by atoms with Crippen LogP contribution in [0.5, 0.6) is 0 Å². The lowest BCUT2D eigenvalue weighted by atomic mass is 10.4. The molecule has 0 bridgehead atoms. The monoisotopic (exact) mass is 262 g/mol. The van der Waals surface area contributed by atoms with E-state index in [1.54, 1.807) is 12.1 Å². The summed E-state index contributed by atoms with van der Waals surface area (Å²) in [6.45, 7) is 0. The maximum absolute atomic E-state index is 10.6. The van der Waals surface area contributed by atoms with Gasteiger partial charge in [0.25, 0.3) is 0 Å². The third-order valence-electron chi connectivity index (χ3n) is 1.46. The Labute approximate surface area is 96.7 Å². The molecule has 0 radical (unpaired) electrons. The Morgan fingerprint density at radius 1 is 1.60 bits per heavy atom. The van der Waals surface area contributed by atoms with E-state index in [-0.39, 0.29) is 5.75 Å². The maximum Gasteiger partial charge on any atom is 0.233 e. The Morgan fingerprint density at radius 2 is 2.33 bits per heavy atom. The molecular weight excluding hydrogens is 256 g/mol. The number of hydrogen-bond donors (Lipinski definition) is 0. The van der Waals surface area contributed by atoms with E-state index < -0.39 is 9.05 Å². The van der Waals surface area contributed by atoms with Crippen molar-refractivity contribution >= 4 is 31.5 Å². The minimum absolute atomic E-state index is 0.126. The van der Waals surface area contributed by atoms with E-state index in [1.165, 1.54) is 18.0 Å². The quantitative estimate of drug-likeness (QED) is 0.609. The highest BCUT2D eigenvalue weighted by Crippen LogP contribution is 2.20. The van der Waals surface area contributed by atoms with Gasteiger partial charge in [-0.3, -0.25) is 0 Å². The zero-order valence-corrected chi connectivity index (χ0v) is 9.94. The van der Waals surface area contributed by atoms with Gasteiger partial charge in [-0.2, -0.15) is 5.26 Å². The lowest BCUT2D eigenvalue weighted by Crippen LogP contribution is -2.00. The summed E-state index contributed by atoms with van der Waals surface area (Å²) in [5.74, 6) is 0.186. The van der Waals surface area contributed by atoms with Gasteiger partial charge in [0.2, 0.25) is 9.05 Å². The highest BCUT2D eigenvalue weighted by atomic mass is 35.7. The van der Waals surface area contributed by atoms with E-state index in [0.29, 0.717) is 16.3 Å². The smallest absolute Gasteiger partial charge is 0.233 e. The van der Waals surface area contributed by atoms with Gasteiger partial charge >= 0.3 is 0 Å². The summed E-state index contributed by atoms with van der Waals surface area (Å²) in [6.07, 6.45) is 1.51. The van der Waals surface area contributed by atoms with Crippen molar-refractivity contribution in [3.8, 4) is 6.07 Å². The molecule has 0 unspecified atom stereocenters. The van der Waals surface area contributed by atoms with Crippen LogP contribution in [0.15, 0.2) is 23.2 Å². The zero-order valence-electron chi connectivity index (χ0n) is 7.55. The van der Waals surface area contributed by atoms with E-state index in [0.717, 1.165) is 0 Å². The Morgan fingerprint density at radius 3 is 2.93 bits per heavy atom. The van der Waals surface area contributed by atoms with Crippen LogP contribution < -0.4 is 0 Å². The van der Waals surface area contributed by atoms with E-state index in [4.69, 9.17) is 15.9 Å². The molecule has 4 nitrogen and oxygen atoms in total. The number of nitrogens with zero attached hydrogens (tertiary/aromatic N) is 2. The molecule has 0 saturated carbocycles. The highest BCUT2D eigenvalue weighted by Gasteiger charge is 2.07. The van der Waals surface area contributed by atoms with Gasteiger partial charge in [-0.05, 0) is 12.1 Å². The molecule has 0 atom stereocenters. The normalized spacial score (nSPS) is 10.9. The van der Waals surface area contributed by atoms with Crippen LogP contribution >= 0.6 is 22.4 Å². The minimum atomic E-state index is -3.47. The van der Waals surface area contributed by atoms with Crippen LogP contribution in [0.3, 0.4) is 0 Å². The van der Waals surface area contributed by atoms with E-state index in [9.17, 15) is 8.42 Å². The molecule has 0 fully saturated rings. The molecular formula is C8H7ClN2O2S2. The third-order valence-corrected chi connectivity index (χ3v) is 3.92. The number of hydrogen-bond acceptors (Lipinski definition) is 5. The highest BCUT2D eigenvalue weighted by molar-refractivity contribution is 8.14. The molecule has 1 aromatic rings. The predicted octanol–water partition coefficient (Wildman–Crippen LogP) is 1.61. The summed E-state index contributed by atoms with van der Waals surface area (Å²) in [5.41, 5.74) is 0.300. The first kappa shape index (κ1) is 12.3. The van der Waals surface area contributed by atoms with Crippen LogP contribution in [0.4, 0.5) is 0 Å². The molecule has 0 saturated heterocycles. The third kappa shape index (κ3) is 4.51. The summed E-state index contributed by atoms with van der Waals surface area (Å²) in [7, 11) is 1.59. The Balaban J connectivity index is 2.63. The topological polar surface area (TPSA) is 70.8 Å². The molecule has 15 heavy (non-hydrogen) atoms. The van der Waals surface area contributed by atoms with Gasteiger partial charge in [-0.25, -0.2) is 13.4 Å². The molecule has 0 aliphatic rings. The molecule has 80 valence electrons. The van der Waals surface area contributed by atoms with E-state index in [2.05, 4.69) is 4.98 Å². The predicted molar refractivity (Wildman–Crippen MR) is 59.3 cm³/mol. The molecule has 1 rings (SSSR count). The van der Waals surface area contributed by atoms with Gasteiger partial charge in [-0.15, -0.1) is 11.8 Å². The molecule has 0 aliphatic carbocycles. The number of thioether (sulfide) groups is 1. The molecule has 0 aliphatic heterocycles. The summed E-state index contributed by atoms with van der Waals surface area (Å²) in [6, 6.07) is 5.34. The first-order chi connectivity index (χ1) is 7.03. The molecule has 0 aromatic carbocycles. The van der Waals surface area contributed by atoms with Gasteiger partial charge in [0.1, 0.15) is 6.07 Å². The largest absolute Gasteiger partial charge is 0.244 e. The molecule has 0 amide bonds. The average Bonchev–Trinajstić information content (AvgIpc) is 2.16. The minimum Gasteiger partial charge on any atom is -0.244 e. The molecule has 0 spiro atoms. The molecule has 1 aromatic heterocycles. The number of halogens is 1. The Hall–Kier alpha value is -0.770. The summed E-state index contributed by atoms with van der Waals surface area (Å²) >= 11 is 1.25. The van der Waals surface area contributed by atoms with Crippen molar-refractivity contribution in [3.63, 3.8) is 0 Å². The second-order valence-corrected chi connectivity index (χ2v) is 6.59. The van der Waals surface area contributed by atoms with Gasteiger partial charge in [0.05, 0.1) is 5.75 Å². The number of rotatable bonds is 4. The first-order valence-electron chi connectivity index (χ1n) is 3.93.